The summed E-state index contributed by atoms with van der Waals surface area (Å²) in [7, 11) is 0. The van der Waals surface area contributed by atoms with Crippen molar-refractivity contribution in [2.75, 3.05) is 11.9 Å². The Hall–Kier alpha value is -1.81. The molecule has 4 nitrogen and oxygen atoms in total. The molecule has 4 heteroatoms. The molecular weight excluding hydrogens is 216 g/mol. The molecule has 0 aliphatic heterocycles. The molecule has 1 aromatic heterocycles. The summed E-state index contributed by atoms with van der Waals surface area (Å²) in [5.41, 5.74) is 1.75. The maximum absolute atomic E-state index is 11.8. The second-order valence-corrected chi connectivity index (χ2v) is 4.02. The molecule has 0 saturated heterocycles. The number of aromatic nitrogens is 1. The molecule has 1 amide bonds. The number of aliphatic hydroxyl groups excluding tert-OH is 1. The van der Waals surface area contributed by atoms with Crippen LogP contribution in [0.5, 0.6) is 0 Å². The Morgan fingerprint density at radius 3 is 2.94 bits per heavy atom. The molecule has 0 fully saturated rings. The lowest BCUT2D eigenvalue weighted by Gasteiger charge is -2.11. The lowest BCUT2D eigenvalue weighted by atomic mass is 10.1. The average Bonchev–Trinajstić information content (AvgIpc) is 2.74. The number of aliphatic hydroxyl groups is 1. The number of amides is 1. The highest BCUT2D eigenvalue weighted by Crippen LogP contribution is 2.23. The van der Waals surface area contributed by atoms with E-state index >= 15 is 0 Å². The minimum Gasteiger partial charge on any atom is -0.396 e. The van der Waals surface area contributed by atoms with Crippen molar-refractivity contribution in [1.82, 2.24) is 4.98 Å². The zero-order chi connectivity index (χ0) is 12.3. The Morgan fingerprint density at radius 2 is 2.24 bits per heavy atom. The smallest absolute Gasteiger partial charge is 0.229 e. The van der Waals surface area contributed by atoms with E-state index in [1.165, 1.54) is 0 Å². The number of rotatable bonds is 4. The number of hydrogen-bond donors (Lipinski definition) is 3. The van der Waals surface area contributed by atoms with Crippen LogP contribution in [0.4, 0.5) is 5.69 Å². The maximum Gasteiger partial charge on any atom is 0.229 e. The van der Waals surface area contributed by atoms with Crippen molar-refractivity contribution in [2.24, 2.45) is 5.92 Å². The van der Waals surface area contributed by atoms with Crippen molar-refractivity contribution in [1.29, 1.82) is 0 Å². The van der Waals surface area contributed by atoms with Crippen molar-refractivity contribution in [3.63, 3.8) is 0 Å². The SMILES string of the molecule is CCC(CO)C(=O)Nc1c[nH]c2ccccc12. The molecule has 2 aromatic rings. The summed E-state index contributed by atoms with van der Waals surface area (Å²) < 4.78 is 0. The largest absolute Gasteiger partial charge is 0.396 e. The van der Waals surface area contributed by atoms with Gasteiger partial charge in [0.15, 0.2) is 0 Å². The second kappa shape index (κ2) is 5.01. The third-order valence-corrected chi connectivity index (χ3v) is 2.93. The van der Waals surface area contributed by atoms with Crippen LogP contribution in [0.3, 0.4) is 0 Å². The van der Waals surface area contributed by atoms with Gasteiger partial charge in [0, 0.05) is 17.1 Å². The molecule has 0 radical (unpaired) electrons. The first-order chi connectivity index (χ1) is 8.26. The van der Waals surface area contributed by atoms with Gasteiger partial charge >= 0.3 is 0 Å². The first kappa shape index (κ1) is 11.7. The molecule has 17 heavy (non-hydrogen) atoms. The lowest BCUT2D eigenvalue weighted by Crippen LogP contribution is -2.24. The van der Waals surface area contributed by atoms with Crippen LogP contribution in [-0.4, -0.2) is 22.6 Å². The summed E-state index contributed by atoms with van der Waals surface area (Å²) in [6, 6.07) is 7.76. The van der Waals surface area contributed by atoms with Crippen molar-refractivity contribution in [3.8, 4) is 0 Å². The van der Waals surface area contributed by atoms with Gasteiger partial charge in [0.05, 0.1) is 18.2 Å². The van der Waals surface area contributed by atoms with E-state index < -0.39 is 0 Å². The fourth-order valence-electron chi connectivity index (χ4n) is 1.81. The number of benzene rings is 1. The van der Waals surface area contributed by atoms with Gasteiger partial charge in [-0.15, -0.1) is 0 Å². The highest BCUT2D eigenvalue weighted by atomic mass is 16.3. The van der Waals surface area contributed by atoms with E-state index in [1.807, 2.05) is 31.2 Å². The Morgan fingerprint density at radius 1 is 1.47 bits per heavy atom. The molecule has 2 rings (SSSR count). The predicted molar refractivity (Wildman–Crippen MR) is 67.8 cm³/mol. The van der Waals surface area contributed by atoms with Gasteiger partial charge in [0.1, 0.15) is 0 Å². The van der Waals surface area contributed by atoms with Gasteiger partial charge in [-0.1, -0.05) is 25.1 Å². The number of aromatic amines is 1. The topological polar surface area (TPSA) is 65.1 Å². The van der Waals surface area contributed by atoms with E-state index in [0.717, 1.165) is 16.6 Å². The van der Waals surface area contributed by atoms with E-state index in [-0.39, 0.29) is 18.4 Å². The second-order valence-electron chi connectivity index (χ2n) is 4.02. The molecule has 1 atom stereocenters. The fraction of sp³-hybridized carbons (Fsp3) is 0.308. The fourth-order valence-corrected chi connectivity index (χ4v) is 1.81. The highest BCUT2D eigenvalue weighted by Gasteiger charge is 2.16. The van der Waals surface area contributed by atoms with Crippen LogP contribution >= 0.6 is 0 Å². The van der Waals surface area contributed by atoms with Crippen LogP contribution in [0.2, 0.25) is 0 Å². The zero-order valence-electron chi connectivity index (χ0n) is 9.73. The summed E-state index contributed by atoms with van der Waals surface area (Å²) >= 11 is 0. The number of nitrogens with one attached hydrogen (secondary N) is 2. The number of hydrogen-bond acceptors (Lipinski definition) is 2. The molecule has 0 spiro atoms. The van der Waals surface area contributed by atoms with E-state index in [4.69, 9.17) is 5.11 Å². The molecule has 0 saturated carbocycles. The third kappa shape index (κ3) is 2.31. The van der Waals surface area contributed by atoms with Crippen molar-refractivity contribution in [2.45, 2.75) is 13.3 Å². The molecule has 1 aromatic carbocycles. The standard InChI is InChI=1S/C13H16N2O2/c1-2-9(8-16)13(17)15-12-7-14-11-6-4-3-5-10(11)12/h3-7,9,14,16H,2,8H2,1H3,(H,15,17). The zero-order valence-corrected chi connectivity index (χ0v) is 9.73. The normalized spacial score (nSPS) is 12.6. The van der Waals surface area contributed by atoms with Crippen LogP contribution < -0.4 is 5.32 Å². The molecular formula is C13H16N2O2. The van der Waals surface area contributed by atoms with Crippen LogP contribution in [0.1, 0.15) is 13.3 Å². The number of fused-ring (bicyclic) bond motifs is 1. The van der Waals surface area contributed by atoms with Gasteiger partial charge in [0.25, 0.3) is 0 Å². The maximum atomic E-state index is 11.8. The Labute approximate surface area is 99.7 Å². The monoisotopic (exact) mass is 232 g/mol. The van der Waals surface area contributed by atoms with E-state index in [2.05, 4.69) is 10.3 Å². The van der Waals surface area contributed by atoms with Crippen LogP contribution in [0.25, 0.3) is 10.9 Å². The number of anilines is 1. The lowest BCUT2D eigenvalue weighted by molar-refractivity contribution is -0.121. The summed E-state index contributed by atoms with van der Waals surface area (Å²) in [6.07, 6.45) is 2.40. The first-order valence-corrected chi connectivity index (χ1v) is 5.74. The van der Waals surface area contributed by atoms with Crippen LogP contribution in [-0.2, 0) is 4.79 Å². The minimum atomic E-state index is -0.344. The molecule has 1 unspecified atom stereocenters. The number of carbonyl (C=O) groups excluding carboxylic acids is 1. The Balaban J connectivity index is 2.21. The van der Waals surface area contributed by atoms with Crippen molar-refractivity contribution in [3.05, 3.63) is 30.5 Å². The summed E-state index contributed by atoms with van der Waals surface area (Å²) in [4.78, 5) is 14.9. The van der Waals surface area contributed by atoms with Gasteiger partial charge in [-0.3, -0.25) is 4.79 Å². The van der Waals surface area contributed by atoms with Gasteiger partial charge in [-0.25, -0.2) is 0 Å². The molecule has 0 aliphatic rings. The van der Waals surface area contributed by atoms with E-state index in [0.29, 0.717) is 6.42 Å². The van der Waals surface area contributed by atoms with E-state index in [9.17, 15) is 4.79 Å². The highest BCUT2D eigenvalue weighted by molar-refractivity contribution is 6.02. The number of carbonyl (C=O) groups is 1. The minimum absolute atomic E-state index is 0.120. The van der Waals surface area contributed by atoms with Crippen LogP contribution in [0, 0.1) is 5.92 Å². The van der Waals surface area contributed by atoms with Gasteiger partial charge in [-0.2, -0.15) is 0 Å². The van der Waals surface area contributed by atoms with Crippen LogP contribution in [0.15, 0.2) is 30.5 Å². The molecule has 1 heterocycles. The summed E-state index contributed by atoms with van der Waals surface area (Å²) in [5, 5.41) is 12.9. The van der Waals surface area contributed by atoms with Gasteiger partial charge in [0.2, 0.25) is 5.91 Å². The Kier molecular flexibility index (Phi) is 3.44. The number of H-pyrrole nitrogens is 1. The molecule has 3 N–H and O–H groups in total. The number of para-hydroxylation sites is 1. The van der Waals surface area contributed by atoms with Crippen molar-refractivity contribution >= 4 is 22.5 Å². The molecule has 90 valence electrons. The van der Waals surface area contributed by atoms with Crippen molar-refractivity contribution < 1.29 is 9.90 Å². The Bertz CT molecular complexity index is 515. The molecule has 0 aliphatic carbocycles. The molecule has 0 bridgehead atoms. The van der Waals surface area contributed by atoms with E-state index in [1.54, 1.807) is 6.20 Å². The average molecular weight is 232 g/mol. The third-order valence-electron chi connectivity index (χ3n) is 2.93. The van der Waals surface area contributed by atoms with Gasteiger partial charge in [-0.05, 0) is 12.5 Å². The quantitative estimate of drug-likeness (QED) is 0.756. The summed E-state index contributed by atoms with van der Waals surface area (Å²) in [5.74, 6) is -0.483. The predicted octanol–water partition coefficient (Wildman–Crippen LogP) is 2.12. The summed E-state index contributed by atoms with van der Waals surface area (Å²) in [6.45, 7) is 1.76. The first-order valence-electron chi connectivity index (χ1n) is 5.74. The van der Waals surface area contributed by atoms with Gasteiger partial charge < -0.3 is 15.4 Å².